The summed E-state index contributed by atoms with van der Waals surface area (Å²) in [5.41, 5.74) is 1.04. The van der Waals surface area contributed by atoms with Crippen LogP contribution < -0.4 is 0 Å². The van der Waals surface area contributed by atoms with Gasteiger partial charge in [-0.15, -0.1) is 0 Å². The monoisotopic (exact) mass is 239 g/mol. The van der Waals surface area contributed by atoms with Crippen LogP contribution in [0.1, 0.15) is 73.1 Å². The van der Waals surface area contributed by atoms with Crippen LogP contribution in [0.2, 0.25) is 0 Å². The third-order valence-corrected chi connectivity index (χ3v) is 4.44. The molecule has 2 unspecified atom stereocenters. The van der Waals surface area contributed by atoms with E-state index in [0.29, 0.717) is 10.8 Å². The number of piperidine rings is 1. The summed E-state index contributed by atoms with van der Waals surface area (Å²) in [4.78, 5) is 2.63. The molecule has 1 aliphatic rings. The van der Waals surface area contributed by atoms with Gasteiger partial charge in [0.05, 0.1) is 0 Å². The molecule has 1 aliphatic heterocycles. The van der Waals surface area contributed by atoms with Crippen molar-refractivity contribution in [1.82, 2.24) is 4.90 Å². The van der Waals surface area contributed by atoms with Crippen LogP contribution in [0.4, 0.5) is 0 Å². The summed E-state index contributed by atoms with van der Waals surface area (Å²) in [5, 5.41) is 0. The fourth-order valence-electron chi connectivity index (χ4n) is 4.36. The van der Waals surface area contributed by atoms with Gasteiger partial charge >= 0.3 is 0 Å². The standard InChI is InChI=1S/C16H33N/c1-7-10-16(13-15(3,4)5)11-9-12-17(6)14(16)8-2/h14H,7-13H2,1-6H3. The lowest BCUT2D eigenvalue weighted by atomic mass is 9.62. The first kappa shape index (κ1) is 15.0. The van der Waals surface area contributed by atoms with Gasteiger partial charge in [-0.2, -0.15) is 0 Å². The summed E-state index contributed by atoms with van der Waals surface area (Å²) in [7, 11) is 2.33. The molecule has 102 valence electrons. The molecule has 0 spiro atoms. The molecular formula is C16H33N. The van der Waals surface area contributed by atoms with E-state index in [1.54, 1.807) is 0 Å². The Labute approximate surface area is 109 Å². The van der Waals surface area contributed by atoms with Gasteiger partial charge in [0.1, 0.15) is 0 Å². The zero-order valence-corrected chi connectivity index (χ0v) is 13.0. The largest absolute Gasteiger partial charge is 0.303 e. The number of likely N-dealkylation sites (tertiary alicyclic amines) is 1. The predicted octanol–water partition coefficient (Wildman–Crippen LogP) is 4.71. The van der Waals surface area contributed by atoms with Gasteiger partial charge in [-0.25, -0.2) is 0 Å². The molecule has 1 rings (SSSR count). The molecule has 0 amide bonds. The van der Waals surface area contributed by atoms with Crippen molar-refractivity contribution >= 4 is 0 Å². The van der Waals surface area contributed by atoms with Gasteiger partial charge in [-0.1, -0.05) is 41.0 Å². The van der Waals surface area contributed by atoms with Crippen LogP contribution in [-0.2, 0) is 0 Å². The van der Waals surface area contributed by atoms with E-state index in [-0.39, 0.29) is 0 Å². The van der Waals surface area contributed by atoms with Crippen molar-refractivity contribution in [3.63, 3.8) is 0 Å². The molecule has 0 radical (unpaired) electrons. The van der Waals surface area contributed by atoms with Crippen molar-refractivity contribution in [2.45, 2.75) is 79.2 Å². The Hall–Kier alpha value is -0.0400. The van der Waals surface area contributed by atoms with Crippen LogP contribution in [-0.4, -0.2) is 24.5 Å². The summed E-state index contributed by atoms with van der Waals surface area (Å²) in [6.07, 6.45) is 8.28. The van der Waals surface area contributed by atoms with E-state index in [2.05, 4.69) is 46.6 Å². The quantitative estimate of drug-likeness (QED) is 0.686. The van der Waals surface area contributed by atoms with Gasteiger partial charge in [0.25, 0.3) is 0 Å². The predicted molar refractivity (Wildman–Crippen MR) is 77.4 cm³/mol. The van der Waals surface area contributed by atoms with E-state index < -0.39 is 0 Å². The average Bonchev–Trinajstić information content (AvgIpc) is 2.15. The van der Waals surface area contributed by atoms with E-state index in [0.717, 1.165) is 6.04 Å². The molecule has 0 aromatic carbocycles. The fraction of sp³-hybridized carbons (Fsp3) is 1.00. The summed E-state index contributed by atoms with van der Waals surface area (Å²) in [6.45, 7) is 13.3. The smallest absolute Gasteiger partial charge is 0.0146 e. The van der Waals surface area contributed by atoms with Crippen LogP contribution >= 0.6 is 0 Å². The normalized spacial score (nSPS) is 31.8. The summed E-state index contributed by atoms with van der Waals surface area (Å²) in [6, 6.07) is 0.801. The molecule has 0 saturated carbocycles. The van der Waals surface area contributed by atoms with Crippen molar-refractivity contribution < 1.29 is 0 Å². The van der Waals surface area contributed by atoms with E-state index in [1.807, 2.05) is 0 Å². The zero-order chi connectivity index (χ0) is 13.1. The third kappa shape index (κ3) is 3.71. The highest BCUT2D eigenvalue weighted by Crippen LogP contribution is 2.48. The van der Waals surface area contributed by atoms with Crippen LogP contribution in [0.5, 0.6) is 0 Å². The highest BCUT2D eigenvalue weighted by molar-refractivity contribution is 4.96. The van der Waals surface area contributed by atoms with Gasteiger partial charge in [0, 0.05) is 6.04 Å². The second-order valence-electron chi connectivity index (χ2n) is 7.36. The second kappa shape index (κ2) is 5.73. The second-order valence-corrected chi connectivity index (χ2v) is 7.36. The Morgan fingerprint density at radius 2 is 1.88 bits per heavy atom. The van der Waals surface area contributed by atoms with Crippen LogP contribution in [0.25, 0.3) is 0 Å². The molecule has 1 heteroatoms. The molecule has 1 fully saturated rings. The highest BCUT2D eigenvalue weighted by atomic mass is 15.1. The first-order valence-corrected chi connectivity index (χ1v) is 7.55. The van der Waals surface area contributed by atoms with Crippen molar-refractivity contribution in [2.24, 2.45) is 10.8 Å². The Balaban J connectivity index is 2.93. The minimum atomic E-state index is 0.459. The van der Waals surface area contributed by atoms with Gasteiger partial charge in [-0.05, 0) is 56.5 Å². The molecule has 1 heterocycles. The van der Waals surface area contributed by atoms with E-state index in [9.17, 15) is 0 Å². The Morgan fingerprint density at radius 3 is 2.35 bits per heavy atom. The minimum Gasteiger partial charge on any atom is -0.303 e. The molecule has 0 aliphatic carbocycles. The molecule has 1 nitrogen and oxygen atoms in total. The minimum absolute atomic E-state index is 0.459. The lowest BCUT2D eigenvalue weighted by Gasteiger charge is -2.51. The number of rotatable bonds is 4. The third-order valence-electron chi connectivity index (χ3n) is 4.44. The number of hydrogen-bond donors (Lipinski definition) is 0. The maximum absolute atomic E-state index is 2.63. The first-order valence-electron chi connectivity index (χ1n) is 7.55. The van der Waals surface area contributed by atoms with Gasteiger partial charge in [-0.3, -0.25) is 0 Å². The molecular weight excluding hydrogens is 206 g/mol. The van der Waals surface area contributed by atoms with Crippen LogP contribution in [0.15, 0.2) is 0 Å². The number of nitrogens with zero attached hydrogens (tertiary/aromatic N) is 1. The molecule has 0 aromatic rings. The first-order chi connectivity index (χ1) is 7.84. The summed E-state index contributed by atoms with van der Waals surface area (Å²) in [5.74, 6) is 0. The maximum Gasteiger partial charge on any atom is 0.0146 e. The molecule has 2 atom stereocenters. The lowest BCUT2D eigenvalue weighted by molar-refractivity contribution is -0.0105. The molecule has 17 heavy (non-hydrogen) atoms. The van der Waals surface area contributed by atoms with Gasteiger partial charge < -0.3 is 4.90 Å². The molecule has 0 N–H and O–H groups in total. The number of hydrogen-bond acceptors (Lipinski definition) is 1. The van der Waals surface area contributed by atoms with Crippen molar-refractivity contribution in [2.75, 3.05) is 13.6 Å². The average molecular weight is 239 g/mol. The van der Waals surface area contributed by atoms with Gasteiger partial charge in [0.15, 0.2) is 0 Å². The fourth-order valence-corrected chi connectivity index (χ4v) is 4.36. The maximum atomic E-state index is 2.63. The molecule has 0 bridgehead atoms. The Bertz CT molecular complexity index is 224. The summed E-state index contributed by atoms with van der Waals surface area (Å²) < 4.78 is 0. The van der Waals surface area contributed by atoms with Crippen molar-refractivity contribution in [3.05, 3.63) is 0 Å². The molecule has 0 aromatic heterocycles. The van der Waals surface area contributed by atoms with Crippen molar-refractivity contribution in [1.29, 1.82) is 0 Å². The van der Waals surface area contributed by atoms with Gasteiger partial charge in [0.2, 0.25) is 0 Å². The SMILES string of the molecule is CCCC1(CC(C)(C)C)CCCN(C)C1CC. The Kier molecular flexibility index (Phi) is 5.07. The van der Waals surface area contributed by atoms with Crippen LogP contribution in [0, 0.1) is 10.8 Å². The molecule has 1 saturated heterocycles. The topological polar surface area (TPSA) is 3.24 Å². The highest BCUT2D eigenvalue weighted by Gasteiger charge is 2.43. The zero-order valence-electron chi connectivity index (χ0n) is 13.0. The van der Waals surface area contributed by atoms with E-state index in [1.165, 1.54) is 45.1 Å². The van der Waals surface area contributed by atoms with E-state index >= 15 is 0 Å². The summed E-state index contributed by atoms with van der Waals surface area (Å²) >= 11 is 0. The van der Waals surface area contributed by atoms with Crippen molar-refractivity contribution in [3.8, 4) is 0 Å². The lowest BCUT2D eigenvalue weighted by Crippen LogP contribution is -2.51. The Morgan fingerprint density at radius 1 is 1.24 bits per heavy atom. The van der Waals surface area contributed by atoms with E-state index in [4.69, 9.17) is 0 Å². The van der Waals surface area contributed by atoms with Crippen LogP contribution in [0.3, 0.4) is 0 Å².